The van der Waals surface area contributed by atoms with E-state index in [4.69, 9.17) is 5.73 Å². The van der Waals surface area contributed by atoms with Crippen LogP contribution in [0.3, 0.4) is 0 Å². The minimum Gasteiger partial charge on any atom is -0.366 e. The summed E-state index contributed by atoms with van der Waals surface area (Å²) in [4.78, 5) is 11.6. The second-order valence-electron chi connectivity index (χ2n) is 5.81. The number of carbonyl (C=O) groups excluding carboxylic acids is 1. The predicted molar refractivity (Wildman–Crippen MR) is 80.6 cm³/mol. The van der Waals surface area contributed by atoms with Gasteiger partial charge in [-0.15, -0.1) is 0 Å². The second-order valence-corrected chi connectivity index (χ2v) is 5.81. The predicted octanol–water partition coefficient (Wildman–Crippen LogP) is 3.28. The van der Waals surface area contributed by atoms with E-state index in [1.165, 1.54) is 18.4 Å². The molecule has 1 amide bonds. The maximum absolute atomic E-state index is 11.6. The maximum atomic E-state index is 11.6. The molecule has 1 heterocycles. The van der Waals surface area contributed by atoms with Gasteiger partial charge in [0.1, 0.15) is 0 Å². The minimum atomic E-state index is -0.342. The molecule has 0 atom stereocenters. The average molecular weight is 268 g/mol. The molecule has 0 radical (unpaired) electrons. The second kappa shape index (κ2) is 4.82. The smallest absolute Gasteiger partial charge is 0.250 e. The molecule has 1 aliphatic rings. The molecule has 0 saturated heterocycles. The third kappa shape index (κ3) is 2.36. The van der Waals surface area contributed by atoms with Crippen LogP contribution in [0, 0.1) is 19.8 Å². The molecule has 3 nitrogen and oxygen atoms in total. The minimum absolute atomic E-state index is 0.342. The molecule has 3 heteroatoms. The lowest BCUT2D eigenvalue weighted by Crippen LogP contribution is -2.12. The zero-order valence-corrected chi connectivity index (χ0v) is 12.0. The van der Waals surface area contributed by atoms with Crippen molar-refractivity contribution >= 4 is 5.91 Å². The van der Waals surface area contributed by atoms with Crippen LogP contribution in [0.5, 0.6) is 0 Å². The number of amides is 1. The van der Waals surface area contributed by atoms with Crippen LogP contribution in [0.2, 0.25) is 0 Å². The van der Waals surface area contributed by atoms with Crippen molar-refractivity contribution in [1.29, 1.82) is 0 Å². The number of hydrogen-bond donors (Lipinski definition) is 1. The molecule has 0 spiro atoms. The van der Waals surface area contributed by atoms with Crippen molar-refractivity contribution < 1.29 is 4.79 Å². The number of rotatable bonds is 4. The molecule has 1 aromatic heterocycles. The molecule has 1 aromatic carbocycles. The van der Waals surface area contributed by atoms with E-state index in [9.17, 15) is 4.79 Å². The third-order valence-corrected chi connectivity index (χ3v) is 4.12. The van der Waals surface area contributed by atoms with Crippen molar-refractivity contribution in [2.24, 2.45) is 11.7 Å². The number of nitrogens with zero attached hydrogens (tertiary/aromatic N) is 1. The molecule has 1 fully saturated rings. The Balaban J connectivity index is 2.09. The SMILES string of the molecule is Cc1ccc(-c2cc(C(N)=O)c(C)n2CC2CC2)cc1. The van der Waals surface area contributed by atoms with Gasteiger partial charge in [0.15, 0.2) is 0 Å². The van der Waals surface area contributed by atoms with Gasteiger partial charge in [0.2, 0.25) is 0 Å². The molecule has 2 aromatic rings. The number of aromatic nitrogens is 1. The van der Waals surface area contributed by atoms with Crippen LogP contribution in [0.15, 0.2) is 30.3 Å². The van der Waals surface area contributed by atoms with E-state index in [1.807, 2.05) is 13.0 Å². The van der Waals surface area contributed by atoms with Gasteiger partial charge >= 0.3 is 0 Å². The van der Waals surface area contributed by atoms with E-state index in [2.05, 4.69) is 35.8 Å². The zero-order valence-electron chi connectivity index (χ0n) is 12.0. The molecule has 0 bridgehead atoms. The van der Waals surface area contributed by atoms with Gasteiger partial charge in [0, 0.05) is 17.9 Å². The van der Waals surface area contributed by atoms with Gasteiger partial charge in [-0.1, -0.05) is 29.8 Å². The van der Waals surface area contributed by atoms with Crippen molar-refractivity contribution in [1.82, 2.24) is 4.57 Å². The topological polar surface area (TPSA) is 48.0 Å². The molecule has 0 unspecified atom stereocenters. The standard InChI is InChI=1S/C17H20N2O/c1-11-3-7-14(8-4-11)16-9-15(17(18)20)12(2)19(16)10-13-5-6-13/h3-4,7-9,13H,5-6,10H2,1-2H3,(H2,18,20). The highest BCUT2D eigenvalue weighted by molar-refractivity contribution is 5.95. The lowest BCUT2D eigenvalue weighted by Gasteiger charge is -2.11. The van der Waals surface area contributed by atoms with Crippen molar-refractivity contribution in [3.63, 3.8) is 0 Å². The molecular weight excluding hydrogens is 248 g/mol. The van der Waals surface area contributed by atoms with Crippen LogP contribution >= 0.6 is 0 Å². The van der Waals surface area contributed by atoms with Crippen molar-refractivity contribution in [3.8, 4) is 11.3 Å². The summed E-state index contributed by atoms with van der Waals surface area (Å²) < 4.78 is 2.25. The summed E-state index contributed by atoms with van der Waals surface area (Å²) in [6.45, 7) is 5.05. The first-order valence-corrected chi connectivity index (χ1v) is 7.13. The summed E-state index contributed by atoms with van der Waals surface area (Å²) in [5.41, 5.74) is 10.6. The molecule has 0 aliphatic heterocycles. The van der Waals surface area contributed by atoms with E-state index in [-0.39, 0.29) is 5.91 Å². The normalized spacial score (nSPS) is 14.5. The number of aryl methyl sites for hydroxylation is 1. The van der Waals surface area contributed by atoms with E-state index >= 15 is 0 Å². The highest BCUT2D eigenvalue weighted by Gasteiger charge is 2.25. The van der Waals surface area contributed by atoms with Gasteiger partial charge in [-0.2, -0.15) is 0 Å². The molecule has 20 heavy (non-hydrogen) atoms. The van der Waals surface area contributed by atoms with Crippen LogP contribution in [0.4, 0.5) is 0 Å². The Morgan fingerprint density at radius 1 is 1.25 bits per heavy atom. The Morgan fingerprint density at radius 2 is 1.90 bits per heavy atom. The summed E-state index contributed by atoms with van der Waals surface area (Å²) in [5.74, 6) is 0.413. The molecule has 1 aliphatic carbocycles. The zero-order chi connectivity index (χ0) is 14.3. The Bertz CT molecular complexity index is 648. The Morgan fingerprint density at radius 3 is 2.45 bits per heavy atom. The molecule has 2 N–H and O–H groups in total. The van der Waals surface area contributed by atoms with Crippen LogP contribution in [-0.4, -0.2) is 10.5 Å². The van der Waals surface area contributed by atoms with Crippen molar-refractivity contribution in [2.75, 3.05) is 0 Å². The fourth-order valence-corrected chi connectivity index (χ4v) is 2.65. The highest BCUT2D eigenvalue weighted by atomic mass is 16.1. The first kappa shape index (κ1) is 13.0. The lowest BCUT2D eigenvalue weighted by molar-refractivity contribution is 0.0999. The number of hydrogen-bond acceptors (Lipinski definition) is 1. The molecule has 1 saturated carbocycles. The van der Waals surface area contributed by atoms with Crippen LogP contribution in [0.1, 0.15) is 34.5 Å². The van der Waals surface area contributed by atoms with Crippen LogP contribution in [0.25, 0.3) is 11.3 Å². The van der Waals surface area contributed by atoms with Gasteiger partial charge < -0.3 is 10.3 Å². The first-order chi connectivity index (χ1) is 9.56. The Kier molecular flexibility index (Phi) is 3.13. The number of carbonyl (C=O) groups is 1. The molecular formula is C17H20N2O. The van der Waals surface area contributed by atoms with Crippen molar-refractivity contribution in [3.05, 3.63) is 47.2 Å². The van der Waals surface area contributed by atoms with E-state index < -0.39 is 0 Å². The molecule has 104 valence electrons. The first-order valence-electron chi connectivity index (χ1n) is 7.13. The fourth-order valence-electron chi connectivity index (χ4n) is 2.65. The van der Waals surface area contributed by atoms with Crippen molar-refractivity contribution in [2.45, 2.75) is 33.2 Å². The van der Waals surface area contributed by atoms with Gasteiger partial charge in [0.05, 0.1) is 5.56 Å². The third-order valence-electron chi connectivity index (χ3n) is 4.12. The van der Waals surface area contributed by atoms with E-state index in [0.717, 1.165) is 29.4 Å². The Hall–Kier alpha value is -2.03. The summed E-state index contributed by atoms with van der Waals surface area (Å²) >= 11 is 0. The average Bonchev–Trinajstić information content (AvgIpc) is 3.16. The van der Waals surface area contributed by atoms with Gasteiger partial charge in [-0.05, 0) is 44.2 Å². The van der Waals surface area contributed by atoms with Crippen LogP contribution < -0.4 is 5.73 Å². The van der Waals surface area contributed by atoms with E-state index in [1.54, 1.807) is 0 Å². The van der Waals surface area contributed by atoms with Crippen LogP contribution in [-0.2, 0) is 6.54 Å². The summed E-state index contributed by atoms with van der Waals surface area (Å²) in [7, 11) is 0. The van der Waals surface area contributed by atoms with Gasteiger partial charge in [-0.25, -0.2) is 0 Å². The number of benzene rings is 1. The summed E-state index contributed by atoms with van der Waals surface area (Å²) in [6.07, 6.45) is 2.58. The molecule has 3 rings (SSSR count). The monoisotopic (exact) mass is 268 g/mol. The number of primary amides is 1. The summed E-state index contributed by atoms with van der Waals surface area (Å²) in [5, 5.41) is 0. The quantitative estimate of drug-likeness (QED) is 0.908. The summed E-state index contributed by atoms with van der Waals surface area (Å²) in [6, 6.07) is 10.4. The Labute approximate surface area is 119 Å². The maximum Gasteiger partial charge on any atom is 0.250 e. The fraction of sp³-hybridized carbons (Fsp3) is 0.353. The van der Waals surface area contributed by atoms with Gasteiger partial charge in [0.25, 0.3) is 5.91 Å². The van der Waals surface area contributed by atoms with E-state index in [0.29, 0.717) is 5.56 Å². The largest absolute Gasteiger partial charge is 0.366 e. The highest BCUT2D eigenvalue weighted by Crippen LogP contribution is 2.34. The number of nitrogens with two attached hydrogens (primary N) is 1. The lowest BCUT2D eigenvalue weighted by atomic mass is 10.1. The van der Waals surface area contributed by atoms with Gasteiger partial charge in [-0.3, -0.25) is 4.79 Å².